The molecule has 0 aromatic carbocycles. The number of amides is 1. The lowest BCUT2D eigenvalue weighted by molar-refractivity contribution is 0.0938. The van der Waals surface area contributed by atoms with E-state index < -0.39 is 0 Å². The SMILES string of the molecule is CC(CCO)NC(=O)c1cnc(-c2cccs2)s1. The summed E-state index contributed by atoms with van der Waals surface area (Å²) in [5.41, 5.74) is 0. The lowest BCUT2D eigenvalue weighted by Crippen LogP contribution is -2.32. The van der Waals surface area contributed by atoms with Gasteiger partial charge in [-0.15, -0.1) is 22.7 Å². The molecule has 1 unspecified atom stereocenters. The first-order chi connectivity index (χ1) is 8.70. The summed E-state index contributed by atoms with van der Waals surface area (Å²) in [6.07, 6.45) is 2.16. The maximum Gasteiger partial charge on any atom is 0.263 e. The maximum atomic E-state index is 11.9. The molecule has 2 rings (SSSR count). The number of rotatable bonds is 5. The monoisotopic (exact) mass is 282 g/mol. The van der Waals surface area contributed by atoms with Crippen molar-refractivity contribution in [3.05, 3.63) is 28.6 Å². The Morgan fingerprint density at radius 3 is 3.11 bits per heavy atom. The zero-order valence-electron chi connectivity index (χ0n) is 9.92. The van der Waals surface area contributed by atoms with Crippen LogP contribution in [0.2, 0.25) is 0 Å². The van der Waals surface area contributed by atoms with Crippen molar-refractivity contribution in [3.8, 4) is 9.88 Å². The summed E-state index contributed by atoms with van der Waals surface area (Å²) < 4.78 is 0. The van der Waals surface area contributed by atoms with Crippen molar-refractivity contribution in [1.82, 2.24) is 10.3 Å². The Bertz CT molecular complexity index is 508. The summed E-state index contributed by atoms with van der Waals surface area (Å²) in [4.78, 5) is 17.8. The third-order valence-corrected chi connectivity index (χ3v) is 4.44. The van der Waals surface area contributed by atoms with Gasteiger partial charge in [0.15, 0.2) is 0 Å². The second-order valence-electron chi connectivity index (χ2n) is 3.89. The fraction of sp³-hybridized carbons (Fsp3) is 0.333. The minimum atomic E-state index is -0.128. The minimum Gasteiger partial charge on any atom is -0.396 e. The van der Waals surface area contributed by atoms with Crippen molar-refractivity contribution in [3.63, 3.8) is 0 Å². The van der Waals surface area contributed by atoms with E-state index in [1.807, 2.05) is 24.4 Å². The number of aliphatic hydroxyl groups is 1. The van der Waals surface area contributed by atoms with Crippen LogP contribution in [-0.2, 0) is 0 Å². The molecule has 0 aliphatic heterocycles. The third-order valence-electron chi connectivity index (χ3n) is 2.40. The van der Waals surface area contributed by atoms with Crippen molar-refractivity contribution in [1.29, 1.82) is 0 Å². The summed E-state index contributed by atoms with van der Waals surface area (Å²) in [6.45, 7) is 1.94. The molecule has 0 aliphatic carbocycles. The largest absolute Gasteiger partial charge is 0.396 e. The van der Waals surface area contributed by atoms with Crippen molar-refractivity contribution in [2.45, 2.75) is 19.4 Å². The number of carbonyl (C=O) groups is 1. The normalized spacial score (nSPS) is 12.3. The molecule has 0 aliphatic rings. The minimum absolute atomic E-state index is 0.0326. The van der Waals surface area contributed by atoms with Gasteiger partial charge in [-0.3, -0.25) is 4.79 Å². The summed E-state index contributed by atoms with van der Waals surface area (Å²) in [5.74, 6) is -0.128. The van der Waals surface area contributed by atoms with Gasteiger partial charge in [0.25, 0.3) is 5.91 Å². The van der Waals surface area contributed by atoms with E-state index in [4.69, 9.17) is 5.11 Å². The highest BCUT2D eigenvalue weighted by Crippen LogP contribution is 2.28. The predicted molar refractivity (Wildman–Crippen MR) is 74.1 cm³/mol. The topological polar surface area (TPSA) is 62.2 Å². The van der Waals surface area contributed by atoms with Crippen LogP contribution in [0, 0.1) is 0 Å². The molecular formula is C12H14N2O2S2. The van der Waals surface area contributed by atoms with Crippen LogP contribution < -0.4 is 5.32 Å². The molecular weight excluding hydrogens is 268 g/mol. The highest BCUT2D eigenvalue weighted by molar-refractivity contribution is 7.21. The van der Waals surface area contributed by atoms with E-state index >= 15 is 0 Å². The van der Waals surface area contributed by atoms with E-state index in [9.17, 15) is 4.79 Å². The predicted octanol–water partition coefficient (Wildman–Crippen LogP) is 2.37. The van der Waals surface area contributed by atoms with Gasteiger partial charge in [-0.2, -0.15) is 0 Å². The van der Waals surface area contributed by atoms with Gasteiger partial charge in [-0.05, 0) is 24.8 Å². The van der Waals surface area contributed by atoms with E-state index in [0.29, 0.717) is 11.3 Å². The van der Waals surface area contributed by atoms with Crippen LogP contribution in [-0.4, -0.2) is 28.6 Å². The van der Waals surface area contributed by atoms with E-state index in [2.05, 4.69) is 10.3 Å². The first-order valence-electron chi connectivity index (χ1n) is 5.62. The molecule has 0 radical (unpaired) electrons. The Kier molecular flexibility index (Phi) is 4.46. The Balaban J connectivity index is 2.04. The van der Waals surface area contributed by atoms with Crippen molar-refractivity contribution in [2.24, 2.45) is 0 Å². The van der Waals surface area contributed by atoms with Gasteiger partial charge < -0.3 is 10.4 Å². The first kappa shape index (κ1) is 13.2. The molecule has 2 aromatic heterocycles. The number of thiophene rings is 1. The number of thiazole rings is 1. The van der Waals surface area contributed by atoms with Gasteiger partial charge in [0.2, 0.25) is 0 Å². The van der Waals surface area contributed by atoms with Crippen LogP contribution in [0.1, 0.15) is 23.0 Å². The quantitative estimate of drug-likeness (QED) is 0.885. The summed E-state index contributed by atoms with van der Waals surface area (Å²) in [6, 6.07) is 3.92. The molecule has 0 fully saturated rings. The molecule has 0 saturated carbocycles. The fourth-order valence-electron chi connectivity index (χ4n) is 1.45. The van der Waals surface area contributed by atoms with Gasteiger partial charge in [0.1, 0.15) is 9.88 Å². The molecule has 2 N–H and O–H groups in total. The molecule has 18 heavy (non-hydrogen) atoms. The smallest absolute Gasteiger partial charge is 0.263 e. The zero-order chi connectivity index (χ0) is 13.0. The van der Waals surface area contributed by atoms with E-state index in [1.165, 1.54) is 11.3 Å². The van der Waals surface area contributed by atoms with Crippen LogP contribution in [0.25, 0.3) is 9.88 Å². The van der Waals surface area contributed by atoms with Crippen LogP contribution in [0.5, 0.6) is 0 Å². The van der Waals surface area contributed by atoms with E-state index in [1.54, 1.807) is 17.5 Å². The summed E-state index contributed by atoms with van der Waals surface area (Å²) >= 11 is 2.99. The number of nitrogens with zero attached hydrogens (tertiary/aromatic N) is 1. The number of nitrogens with one attached hydrogen (secondary N) is 1. The number of aromatic nitrogens is 1. The van der Waals surface area contributed by atoms with Gasteiger partial charge in [-0.1, -0.05) is 6.07 Å². The number of carbonyl (C=O) groups excluding carboxylic acids is 1. The van der Waals surface area contributed by atoms with Crippen molar-refractivity contribution < 1.29 is 9.90 Å². The molecule has 2 aromatic rings. The maximum absolute atomic E-state index is 11.9. The number of aliphatic hydroxyl groups excluding tert-OH is 1. The number of hydrogen-bond donors (Lipinski definition) is 2. The second kappa shape index (κ2) is 6.08. The van der Waals surface area contributed by atoms with Crippen LogP contribution in [0.15, 0.2) is 23.7 Å². The van der Waals surface area contributed by atoms with Crippen molar-refractivity contribution in [2.75, 3.05) is 6.61 Å². The van der Waals surface area contributed by atoms with Gasteiger partial charge >= 0.3 is 0 Å². The highest BCUT2D eigenvalue weighted by atomic mass is 32.1. The molecule has 0 bridgehead atoms. The standard InChI is InChI=1S/C12H14N2O2S2/c1-8(4-5-15)14-11(16)10-7-13-12(18-10)9-3-2-6-17-9/h2-3,6-8,15H,4-5H2,1H3,(H,14,16). The summed E-state index contributed by atoms with van der Waals surface area (Å²) in [7, 11) is 0. The molecule has 96 valence electrons. The van der Waals surface area contributed by atoms with E-state index in [0.717, 1.165) is 9.88 Å². The molecule has 6 heteroatoms. The molecule has 0 saturated heterocycles. The molecule has 2 heterocycles. The van der Waals surface area contributed by atoms with Crippen LogP contribution >= 0.6 is 22.7 Å². The zero-order valence-corrected chi connectivity index (χ0v) is 11.6. The molecule has 0 spiro atoms. The Morgan fingerprint density at radius 1 is 1.61 bits per heavy atom. The highest BCUT2D eigenvalue weighted by Gasteiger charge is 2.14. The lowest BCUT2D eigenvalue weighted by Gasteiger charge is -2.10. The van der Waals surface area contributed by atoms with Crippen LogP contribution in [0.4, 0.5) is 0 Å². The van der Waals surface area contributed by atoms with Crippen molar-refractivity contribution >= 4 is 28.6 Å². The first-order valence-corrected chi connectivity index (χ1v) is 7.31. The van der Waals surface area contributed by atoms with Gasteiger partial charge in [-0.25, -0.2) is 4.98 Å². The average Bonchev–Trinajstić information content (AvgIpc) is 3.00. The van der Waals surface area contributed by atoms with Gasteiger partial charge in [0, 0.05) is 12.6 Å². The van der Waals surface area contributed by atoms with Gasteiger partial charge in [0.05, 0.1) is 11.1 Å². The molecule has 4 nitrogen and oxygen atoms in total. The van der Waals surface area contributed by atoms with E-state index in [-0.39, 0.29) is 18.6 Å². The average molecular weight is 282 g/mol. The third kappa shape index (κ3) is 3.16. The lowest BCUT2D eigenvalue weighted by atomic mass is 10.2. The Morgan fingerprint density at radius 2 is 2.44 bits per heavy atom. The number of hydrogen-bond acceptors (Lipinski definition) is 5. The summed E-state index contributed by atoms with van der Waals surface area (Å²) in [5, 5.41) is 14.5. The molecule has 1 atom stereocenters. The second-order valence-corrected chi connectivity index (χ2v) is 5.87. The Hall–Kier alpha value is -1.24. The molecule has 1 amide bonds. The Labute approximate surface area is 113 Å². The fourth-order valence-corrected chi connectivity index (χ4v) is 3.08. The van der Waals surface area contributed by atoms with Crippen LogP contribution in [0.3, 0.4) is 0 Å².